The first-order valence-electron chi connectivity index (χ1n) is 8.59. The number of nitrogens with zero attached hydrogens (tertiary/aromatic N) is 2. The van der Waals surface area contributed by atoms with Crippen molar-refractivity contribution in [2.45, 2.75) is 40.0 Å². The fraction of sp³-hybridized carbons (Fsp3) is 0.333. The molecule has 0 atom stereocenters. The fourth-order valence-electron chi connectivity index (χ4n) is 2.98. The minimum absolute atomic E-state index is 0.103. The van der Waals surface area contributed by atoms with Gasteiger partial charge in [0.25, 0.3) is 5.91 Å². The van der Waals surface area contributed by atoms with Crippen LogP contribution >= 0.6 is 11.3 Å². The Bertz CT molecular complexity index is 991. The highest BCUT2D eigenvalue weighted by Crippen LogP contribution is 2.23. The summed E-state index contributed by atoms with van der Waals surface area (Å²) in [5.41, 5.74) is 5.96. The molecule has 2 aromatic carbocycles. The third kappa shape index (κ3) is 3.59. The summed E-state index contributed by atoms with van der Waals surface area (Å²) in [7, 11) is 1.98. The smallest absolute Gasteiger partial charge is 0.252 e. The van der Waals surface area contributed by atoms with Crippen LogP contribution in [0.4, 0.5) is 0 Å². The average Bonchev–Trinajstić information content (AvgIpc) is 2.88. The monoisotopic (exact) mass is 352 g/mol. The molecule has 0 saturated heterocycles. The van der Waals surface area contributed by atoms with Gasteiger partial charge in [0.2, 0.25) is 0 Å². The molecule has 1 heterocycles. The van der Waals surface area contributed by atoms with Crippen LogP contribution in [-0.4, -0.2) is 10.5 Å². The van der Waals surface area contributed by atoms with Gasteiger partial charge in [-0.1, -0.05) is 55.5 Å². The van der Waals surface area contributed by atoms with Crippen LogP contribution in [0.2, 0.25) is 0 Å². The van der Waals surface area contributed by atoms with Crippen molar-refractivity contribution in [2.75, 3.05) is 0 Å². The highest BCUT2D eigenvalue weighted by molar-refractivity contribution is 7.16. The molecule has 0 aliphatic carbocycles. The quantitative estimate of drug-likeness (QED) is 0.675. The number of fused-ring (bicyclic) bond motifs is 1. The molecule has 1 aromatic heterocycles. The van der Waals surface area contributed by atoms with Gasteiger partial charge in [-0.25, -0.2) is 0 Å². The van der Waals surface area contributed by atoms with Gasteiger partial charge in [-0.15, -0.1) is 0 Å². The zero-order chi connectivity index (χ0) is 18.1. The third-order valence-electron chi connectivity index (χ3n) is 4.71. The summed E-state index contributed by atoms with van der Waals surface area (Å²) >= 11 is 1.57. The maximum absolute atomic E-state index is 12.4. The van der Waals surface area contributed by atoms with Crippen molar-refractivity contribution in [2.24, 2.45) is 12.0 Å². The van der Waals surface area contributed by atoms with Crippen molar-refractivity contribution in [3.8, 4) is 0 Å². The number of rotatable bonds is 3. The predicted molar refractivity (Wildman–Crippen MR) is 105 cm³/mol. The van der Waals surface area contributed by atoms with Crippen molar-refractivity contribution >= 4 is 27.5 Å². The van der Waals surface area contributed by atoms with E-state index in [1.165, 1.54) is 21.4 Å². The zero-order valence-corrected chi connectivity index (χ0v) is 16.3. The molecular weight excluding hydrogens is 328 g/mol. The van der Waals surface area contributed by atoms with Gasteiger partial charge >= 0.3 is 0 Å². The molecule has 0 radical (unpaired) electrons. The molecule has 4 heteroatoms. The molecule has 0 N–H and O–H groups in total. The lowest BCUT2D eigenvalue weighted by Crippen LogP contribution is -2.14. The molecule has 1 amide bonds. The van der Waals surface area contributed by atoms with E-state index in [4.69, 9.17) is 0 Å². The first-order chi connectivity index (χ1) is 11.9. The Hall–Kier alpha value is -2.20. The largest absolute Gasteiger partial charge is 0.319 e. The van der Waals surface area contributed by atoms with E-state index >= 15 is 0 Å². The van der Waals surface area contributed by atoms with E-state index in [0.717, 1.165) is 15.9 Å². The standard InChI is InChI=1S/C21H24N2OS/c1-13(2)17-9-7-16(8-10-17)12-19(24)22-21-23(5)20-15(4)14(3)6-11-18(20)25-21/h6-11,13H,12H2,1-5H3. The second kappa shape index (κ2) is 6.96. The summed E-state index contributed by atoms with van der Waals surface area (Å²) in [6.45, 7) is 8.56. The molecule has 3 nitrogen and oxygen atoms in total. The summed E-state index contributed by atoms with van der Waals surface area (Å²) in [5, 5.41) is 0. The summed E-state index contributed by atoms with van der Waals surface area (Å²) < 4.78 is 3.20. The Morgan fingerprint density at radius 1 is 1.12 bits per heavy atom. The van der Waals surface area contributed by atoms with Gasteiger partial charge < -0.3 is 4.57 Å². The van der Waals surface area contributed by atoms with Gasteiger partial charge in [0.05, 0.1) is 16.6 Å². The highest BCUT2D eigenvalue weighted by atomic mass is 32.1. The molecule has 0 unspecified atom stereocenters. The summed E-state index contributed by atoms with van der Waals surface area (Å²) in [5.74, 6) is 0.396. The molecule has 0 spiro atoms. The van der Waals surface area contributed by atoms with E-state index < -0.39 is 0 Å². The van der Waals surface area contributed by atoms with Gasteiger partial charge in [0, 0.05) is 7.05 Å². The molecule has 0 bridgehead atoms. The van der Waals surface area contributed by atoms with Crippen LogP contribution < -0.4 is 4.80 Å². The van der Waals surface area contributed by atoms with E-state index in [0.29, 0.717) is 12.3 Å². The van der Waals surface area contributed by atoms with Gasteiger partial charge in [-0.3, -0.25) is 4.79 Å². The van der Waals surface area contributed by atoms with E-state index in [1.54, 1.807) is 11.3 Å². The summed E-state index contributed by atoms with van der Waals surface area (Å²) in [4.78, 5) is 17.5. The number of carbonyl (C=O) groups is 1. The molecule has 0 aliphatic rings. The van der Waals surface area contributed by atoms with Crippen molar-refractivity contribution in [3.05, 3.63) is 63.5 Å². The normalized spacial score (nSPS) is 12.3. The Morgan fingerprint density at radius 3 is 2.44 bits per heavy atom. The molecule has 130 valence electrons. The van der Waals surface area contributed by atoms with Gasteiger partial charge in [-0.2, -0.15) is 4.99 Å². The van der Waals surface area contributed by atoms with E-state index in [2.05, 4.69) is 57.0 Å². The average molecular weight is 353 g/mol. The second-order valence-electron chi connectivity index (χ2n) is 6.88. The molecule has 3 rings (SSSR count). The van der Waals surface area contributed by atoms with E-state index in [-0.39, 0.29) is 5.91 Å². The predicted octanol–water partition coefficient (Wildman–Crippen LogP) is 4.65. The molecule has 3 aromatic rings. The van der Waals surface area contributed by atoms with Crippen LogP contribution in [0.15, 0.2) is 41.4 Å². The van der Waals surface area contributed by atoms with E-state index in [9.17, 15) is 4.79 Å². The fourth-order valence-corrected chi connectivity index (χ4v) is 4.07. The molecule has 0 fully saturated rings. The number of carbonyl (C=O) groups excluding carboxylic acids is 1. The first kappa shape index (κ1) is 17.6. The number of aryl methyl sites for hydroxylation is 3. The van der Waals surface area contributed by atoms with Gasteiger partial charge in [-0.05, 0) is 48.1 Å². The van der Waals surface area contributed by atoms with Crippen molar-refractivity contribution in [3.63, 3.8) is 0 Å². The number of benzene rings is 2. The molecule has 0 saturated carbocycles. The number of aromatic nitrogens is 1. The van der Waals surface area contributed by atoms with Crippen LogP contribution in [0.5, 0.6) is 0 Å². The second-order valence-corrected chi connectivity index (χ2v) is 7.89. The van der Waals surface area contributed by atoms with Crippen LogP contribution in [0.1, 0.15) is 42.0 Å². The third-order valence-corrected chi connectivity index (χ3v) is 5.81. The van der Waals surface area contributed by atoms with Crippen LogP contribution in [-0.2, 0) is 18.3 Å². The maximum Gasteiger partial charge on any atom is 0.252 e. The summed E-state index contributed by atoms with van der Waals surface area (Å²) in [6, 6.07) is 12.5. The number of hydrogen-bond acceptors (Lipinski definition) is 2. The lowest BCUT2D eigenvalue weighted by Gasteiger charge is -2.05. The van der Waals surface area contributed by atoms with Gasteiger partial charge in [0.15, 0.2) is 4.80 Å². The van der Waals surface area contributed by atoms with Crippen molar-refractivity contribution in [1.29, 1.82) is 0 Å². The Balaban J connectivity index is 1.90. The number of thiazole rings is 1. The maximum atomic E-state index is 12.4. The number of hydrogen-bond donors (Lipinski definition) is 0. The van der Waals surface area contributed by atoms with Gasteiger partial charge in [0.1, 0.15) is 0 Å². The van der Waals surface area contributed by atoms with Crippen molar-refractivity contribution < 1.29 is 4.79 Å². The van der Waals surface area contributed by atoms with Crippen LogP contribution in [0.25, 0.3) is 10.2 Å². The minimum atomic E-state index is -0.103. The topological polar surface area (TPSA) is 34.4 Å². The molecular formula is C21H24N2OS. The minimum Gasteiger partial charge on any atom is -0.319 e. The lowest BCUT2D eigenvalue weighted by atomic mass is 10.0. The van der Waals surface area contributed by atoms with E-state index in [1.807, 2.05) is 23.7 Å². The molecule has 0 aliphatic heterocycles. The van der Waals surface area contributed by atoms with Crippen LogP contribution in [0.3, 0.4) is 0 Å². The lowest BCUT2D eigenvalue weighted by molar-refractivity contribution is -0.117. The Labute approximate surface area is 152 Å². The zero-order valence-electron chi connectivity index (χ0n) is 15.5. The first-order valence-corrected chi connectivity index (χ1v) is 9.40. The molecule has 25 heavy (non-hydrogen) atoms. The SMILES string of the molecule is Cc1ccc2sc(=NC(=O)Cc3ccc(C(C)C)cc3)n(C)c2c1C. The highest BCUT2D eigenvalue weighted by Gasteiger charge is 2.09. The van der Waals surface area contributed by atoms with Crippen molar-refractivity contribution in [1.82, 2.24) is 4.57 Å². The number of amides is 1. The van der Waals surface area contributed by atoms with Crippen LogP contribution in [0, 0.1) is 13.8 Å². The Kier molecular flexibility index (Phi) is 4.91. The summed E-state index contributed by atoms with van der Waals surface area (Å²) in [6.07, 6.45) is 0.338. The Morgan fingerprint density at radius 2 is 1.80 bits per heavy atom.